The number of rotatable bonds is 10. The fourth-order valence-electron chi connectivity index (χ4n) is 2.55. The predicted molar refractivity (Wildman–Crippen MR) is 88.9 cm³/mol. The molecule has 0 aliphatic carbocycles. The molecule has 0 saturated carbocycles. The van der Waals surface area contributed by atoms with Crippen molar-refractivity contribution in [1.29, 1.82) is 0 Å². The number of nitrogens with one attached hydrogen (secondary N) is 1. The van der Waals surface area contributed by atoms with Crippen LogP contribution in [0.15, 0.2) is 24.3 Å². The molecular weight excluding hydrogens is 262 g/mol. The number of hydrogen-bond donors (Lipinski definition) is 1. The number of benzene rings is 1. The maximum Gasteiger partial charge on any atom is 0.119 e. The summed E-state index contributed by atoms with van der Waals surface area (Å²) in [6.07, 6.45) is 2.62. The first-order valence-electron chi connectivity index (χ1n) is 8.23. The summed E-state index contributed by atoms with van der Waals surface area (Å²) in [5, 5.41) is 3.56. The van der Waals surface area contributed by atoms with E-state index >= 15 is 0 Å². The molecule has 2 atom stereocenters. The summed E-state index contributed by atoms with van der Waals surface area (Å²) in [5.41, 5.74) is 1.26. The normalized spacial score (nSPS) is 14.2. The Morgan fingerprint density at radius 1 is 1.05 bits per heavy atom. The Morgan fingerprint density at radius 3 is 2.19 bits per heavy atom. The van der Waals surface area contributed by atoms with E-state index < -0.39 is 0 Å². The Hall–Kier alpha value is -1.06. The Balaban J connectivity index is 2.87. The molecule has 120 valence electrons. The molecule has 3 heteroatoms. The van der Waals surface area contributed by atoms with Crippen LogP contribution in [0.2, 0.25) is 0 Å². The second-order valence-electron chi connectivity index (χ2n) is 5.55. The maximum absolute atomic E-state index is 5.95. The van der Waals surface area contributed by atoms with Gasteiger partial charge in [0.05, 0.1) is 18.2 Å². The van der Waals surface area contributed by atoms with Gasteiger partial charge in [-0.1, -0.05) is 32.4 Å². The van der Waals surface area contributed by atoms with Crippen molar-refractivity contribution in [2.45, 2.75) is 65.7 Å². The molecule has 21 heavy (non-hydrogen) atoms. The van der Waals surface area contributed by atoms with Gasteiger partial charge in [-0.25, -0.2) is 0 Å². The number of hydrogen-bond acceptors (Lipinski definition) is 3. The zero-order chi connectivity index (χ0) is 15.7. The van der Waals surface area contributed by atoms with E-state index in [1.807, 2.05) is 13.8 Å². The lowest BCUT2D eigenvalue weighted by Crippen LogP contribution is -2.34. The highest BCUT2D eigenvalue weighted by Crippen LogP contribution is 2.25. The second kappa shape index (κ2) is 9.80. The molecule has 0 saturated heterocycles. The van der Waals surface area contributed by atoms with Crippen molar-refractivity contribution in [3.05, 3.63) is 29.8 Å². The molecule has 0 aliphatic heterocycles. The predicted octanol–water partition coefficient (Wildman–Crippen LogP) is 4.33. The van der Waals surface area contributed by atoms with Gasteiger partial charge in [-0.3, -0.25) is 0 Å². The van der Waals surface area contributed by atoms with E-state index in [0.29, 0.717) is 0 Å². The molecule has 1 aromatic carbocycles. The third-order valence-corrected chi connectivity index (χ3v) is 3.36. The van der Waals surface area contributed by atoms with Crippen LogP contribution in [0.3, 0.4) is 0 Å². The zero-order valence-corrected chi connectivity index (χ0v) is 14.2. The van der Waals surface area contributed by atoms with Crippen molar-refractivity contribution in [1.82, 2.24) is 5.32 Å². The van der Waals surface area contributed by atoms with Crippen LogP contribution in [-0.2, 0) is 4.74 Å². The third kappa shape index (κ3) is 6.06. The molecule has 1 aromatic rings. The van der Waals surface area contributed by atoms with Crippen LogP contribution in [0.25, 0.3) is 0 Å². The van der Waals surface area contributed by atoms with Gasteiger partial charge in [-0.2, -0.15) is 0 Å². The van der Waals surface area contributed by atoms with Crippen LogP contribution in [-0.4, -0.2) is 25.4 Å². The standard InChI is InChI=1S/C18H31NO2/c1-6-9-17(20-8-3)18(19-7-2)15-10-12-16(13-11-15)21-14(4)5/h10-14,17-19H,6-9H2,1-5H3. The van der Waals surface area contributed by atoms with Gasteiger partial charge in [0.1, 0.15) is 5.75 Å². The topological polar surface area (TPSA) is 30.5 Å². The average Bonchev–Trinajstić information content (AvgIpc) is 2.45. The molecule has 0 fully saturated rings. The molecule has 3 nitrogen and oxygen atoms in total. The Morgan fingerprint density at radius 2 is 1.71 bits per heavy atom. The lowest BCUT2D eigenvalue weighted by Gasteiger charge is -2.28. The highest BCUT2D eigenvalue weighted by Gasteiger charge is 2.22. The molecular formula is C18H31NO2. The van der Waals surface area contributed by atoms with Gasteiger partial charge in [0.2, 0.25) is 0 Å². The van der Waals surface area contributed by atoms with Crippen LogP contribution in [0.5, 0.6) is 5.75 Å². The van der Waals surface area contributed by atoms with E-state index in [-0.39, 0.29) is 18.2 Å². The van der Waals surface area contributed by atoms with E-state index in [4.69, 9.17) is 9.47 Å². The van der Waals surface area contributed by atoms with E-state index in [9.17, 15) is 0 Å². The van der Waals surface area contributed by atoms with Crippen LogP contribution in [0, 0.1) is 0 Å². The summed E-state index contributed by atoms with van der Waals surface area (Å²) in [6.45, 7) is 12.2. The third-order valence-electron chi connectivity index (χ3n) is 3.36. The van der Waals surface area contributed by atoms with Gasteiger partial charge >= 0.3 is 0 Å². The van der Waals surface area contributed by atoms with Gasteiger partial charge in [0.25, 0.3) is 0 Å². The van der Waals surface area contributed by atoms with Gasteiger partial charge in [0, 0.05) is 6.61 Å². The van der Waals surface area contributed by atoms with E-state index in [1.165, 1.54) is 5.56 Å². The summed E-state index contributed by atoms with van der Waals surface area (Å²) in [5.74, 6) is 0.924. The minimum atomic E-state index is 0.205. The molecule has 1 N–H and O–H groups in total. The molecule has 0 spiro atoms. The molecule has 0 bridgehead atoms. The van der Waals surface area contributed by atoms with E-state index in [2.05, 4.69) is 50.4 Å². The van der Waals surface area contributed by atoms with Crippen LogP contribution in [0.1, 0.15) is 59.1 Å². The van der Waals surface area contributed by atoms with Crippen molar-refractivity contribution in [3.63, 3.8) is 0 Å². The summed E-state index contributed by atoms with van der Waals surface area (Å²) in [4.78, 5) is 0. The largest absolute Gasteiger partial charge is 0.491 e. The van der Waals surface area contributed by atoms with Gasteiger partial charge in [0.15, 0.2) is 0 Å². The maximum atomic E-state index is 5.95. The van der Waals surface area contributed by atoms with Gasteiger partial charge < -0.3 is 14.8 Å². The Kier molecular flexibility index (Phi) is 8.40. The van der Waals surface area contributed by atoms with Crippen molar-refractivity contribution in [2.75, 3.05) is 13.2 Å². The molecule has 0 heterocycles. The lowest BCUT2D eigenvalue weighted by molar-refractivity contribution is 0.0280. The minimum absolute atomic E-state index is 0.205. The minimum Gasteiger partial charge on any atom is -0.491 e. The lowest BCUT2D eigenvalue weighted by atomic mass is 9.98. The fourth-order valence-corrected chi connectivity index (χ4v) is 2.55. The highest BCUT2D eigenvalue weighted by atomic mass is 16.5. The van der Waals surface area contributed by atoms with Crippen molar-refractivity contribution >= 4 is 0 Å². The SMILES string of the molecule is CCCC(OCC)C(NCC)c1ccc(OC(C)C)cc1. The summed E-state index contributed by atoms with van der Waals surface area (Å²) in [6, 6.07) is 8.63. The molecule has 0 amide bonds. The molecule has 2 unspecified atom stereocenters. The summed E-state index contributed by atoms with van der Waals surface area (Å²) in [7, 11) is 0. The first-order valence-corrected chi connectivity index (χ1v) is 8.23. The Labute approximate surface area is 130 Å². The first kappa shape index (κ1) is 18.0. The average molecular weight is 293 g/mol. The highest BCUT2D eigenvalue weighted by molar-refractivity contribution is 5.30. The van der Waals surface area contributed by atoms with Crippen molar-refractivity contribution in [3.8, 4) is 5.75 Å². The van der Waals surface area contributed by atoms with Gasteiger partial charge in [-0.15, -0.1) is 0 Å². The smallest absolute Gasteiger partial charge is 0.119 e. The number of likely N-dealkylation sites (N-methyl/N-ethyl adjacent to an activating group) is 1. The van der Waals surface area contributed by atoms with E-state index in [1.54, 1.807) is 0 Å². The zero-order valence-electron chi connectivity index (χ0n) is 14.2. The quantitative estimate of drug-likeness (QED) is 0.696. The first-order chi connectivity index (χ1) is 10.1. The van der Waals surface area contributed by atoms with Crippen LogP contribution in [0.4, 0.5) is 0 Å². The van der Waals surface area contributed by atoms with Gasteiger partial charge in [-0.05, 0) is 51.4 Å². The van der Waals surface area contributed by atoms with E-state index in [0.717, 1.165) is 31.7 Å². The van der Waals surface area contributed by atoms with Crippen molar-refractivity contribution < 1.29 is 9.47 Å². The monoisotopic (exact) mass is 293 g/mol. The second-order valence-corrected chi connectivity index (χ2v) is 5.55. The van der Waals surface area contributed by atoms with Crippen molar-refractivity contribution in [2.24, 2.45) is 0 Å². The van der Waals surface area contributed by atoms with Crippen LogP contribution >= 0.6 is 0 Å². The molecule has 0 aliphatic rings. The molecule has 0 aromatic heterocycles. The molecule has 0 radical (unpaired) electrons. The van der Waals surface area contributed by atoms with Crippen LogP contribution < -0.4 is 10.1 Å². The number of ether oxygens (including phenoxy) is 2. The fraction of sp³-hybridized carbons (Fsp3) is 0.667. The molecule has 1 rings (SSSR count). The summed E-state index contributed by atoms with van der Waals surface area (Å²) >= 11 is 0. The summed E-state index contributed by atoms with van der Waals surface area (Å²) < 4.78 is 11.7. The Bertz CT molecular complexity index is 369.